The van der Waals surface area contributed by atoms with Crippen LogP contribution in [0.5, 0.6) is 0 Å². The summed E-state index contributed by atoms with van der Waals surface area (Å²) in [5, 5.41) is 12.2. The number of benzene rings is 1. The highest BCUT2D eigenvalue weighted by atomic mass is 16.4. The summed E-state index contributed by atoms with van der Waals surface area (Å²) in [5.41, 5.74) is 2.57. The first-order valence-corrected chi connectivity index (χ1v) is 6.38. The summed E-state index contributed by atoms with van der Waals surface area (Å²) in [7, 11) is 1.52. The minimum Gasteiger partial charge on any atom is -0.480 e. The Kier molecular flexibility index (Phi) is 3.74. The number of carboxylic acid groups (broad SMARTS) is 1. The standard InChI is InChI=1S/C14H18N2O3/c1-9(14(18)19)16(2)13(17)11-5-3-7-12-10(11)6-4-8-15-12/h3,5,7,9,15H,4,6,8H2,1-2H3,(H,18,19). The Hall–Kier alpha value is -2.04. The molecule has 0 aliphatic carbocycles. The van der Waals surface area contributed by atoms with Gasteiger partial charge in [0.05, 0.1) is 0 Å². The molecule has 0 bridgehead atoms. The molecule has 1 atom stereocenters. The summed E-state index contributed by atoms with van der Waals surface area (Å²) >= 11 is 0. The van der Waals surface area contributed by atoms with Crippen molar-refractivity contribution in [3.63, 3.8) is 0 Å². The number of amides is 1. The molecule has 5 nitrogen and oxygen atoms in total. The summed E-state index contributed by atoms with van der Waals surface area (Å²) in [6, 6.07) is 4.70. The fraction of sp³-hybridized carbons (Fsp3) is 0.429. The lowest BCUT2D eigenvalue weighted by atomic mass is 9.96. The zero-order chi connectivity index (χ0) is 14.0. The summed E-state index contributed by atoms with van der Waals surface area (Å²) in [4.78, 5) is 24.6. The summed E-state index contributed by atoms with van der Waals surface area (Å²) in [6.07, 6.45) is 1.83. The van der Waals surface area contributed by atoms with Crippen LogP contribution in [0.15, 0.2) is 18.2 Å². The molecule has 1 aliphatic rings. The molecule has 5 heteroatoms. The molecule has 19 heavy (non-hydrogen) atoms. The second-order valence-corrected chi connectivity index (χ2v) is 4.79. The summed E-state index contributed by atoms with van der Waals surface area (Å²) in [5.74, 6) is -1.24. The van der Waals surface area contributed by atoms with Crippen molar-refractivity contribution >= 4 is 17.6 Å². The number of hydrogen-bond acceptors (Lipinski definition) is 3. The Morgan fingerprint density at radius 2 is 2.16 bits per heavy atom. The summed E-state index contributed by atoms with van der Waals surface area (Å²) < 4.78 is 0. The molecule has 0 aromatic heterocycles. The Labute approximate surface area is 112 Å². The van der Waals surface area contributed by atoms with Crippen molar-refractivity contribution in [2.75, 3.05) is 18.9 Å². The average Bonchev–Trinajstić information content (AvgIpc) is 2.44. The fourth-order valence-electron chi connectivity index (χ4n) is 2.24. The van der Waals surface area contributed by atoms with Crippen molar-refractivity contribution in [3.05, 3.63) is 29.3 Å². The van der Waals surface area contributed by atoms with E-state index >= 15 is 0 Å². The van der Waals surface area contributed by atoms with E-state index in [0.29, 0.717) is 5.56 Å². The predicted octanol–water partition coefficient (Wildman–Crippen LogP) is 1.59. The van der Waals surface area contributed by atoms with E-state index in [1.54, 1.807) is 6.07 Å². The van der Waals surface area contributed by atoms with Crippen LogP contribution in [0.25, 0.3) is 0 Å². The normalized spacial score (nSPS) is 15.1. The van der Waals surface area contributed by atoms with Gasteiger partial charge in [-0.05, 0) is 37.5 Å². The third-order valence-electron chi connectivity index (χ3n) is 3.58. The van der Waals surface area contributed by atoms with Crippen molar-refractivity contribution in [3.8, 4) is 0 Å². The van der Waals surface area contributed by atoms with Crippen LogP contribution in [0.4, 0.5) is 5.69 Å². The second-order valence-electron chi connectivity index (χ2n) is 4.79. The van der Waals surface area contributed by atoms with Gasteiger partial charge < -0.3 is 15.3 Å². The number of anilines is 1. The van der Waals surface area contributed by atoms with Crippen molar-refractivity contribution in [1.82, 2.24) is 4.90 Å². The van der Waals surface area contributed by atoms with Crippen LogP contribution >= 0.6 is 0 Å². The van der Waals surface area contributed by atoms with Gasteiger partial charge in [-0.2, -0.15) is 0 Å². The van der Waals surface area contributed by atoms with E-state index in [9.17, 15) is 9.59 Å². The SMILES string of the molecule is CC(C(=O)O)N(C)C(=O)c1cccc2c1CCCN2. The van der Waals surface area contributed by atoms with Gasteiger partial charge in [0.2, 0.25) is 0 Å². The van der Waals surface area contributed by atoms with Gasteiger partial charge in [0.15, 0.2) is 0 Å². The van der Waals surface area contributed by atoms with E-state index in [4.69, 9.17) is 5.11 Å². The number of carbonyl (C=O) groups excluding carboxylic acids is 1. The Morgan fingerprint density at radius 1 is 1.42 bits per heavy atom. The zero-order valence-corrected chi connectivity index (χ0v) is 11.1. The summed E-state index contributed by atoms with van der Waals surface area (Å²) in [6.45, 7) is 2.42. The van der Waals surface area contributed by atoms with E-state index in [-0.39, 0.29) is 5.91 Å². The van der Waals surface area contributed by atoms with Crippen LogP contribution in [-0.4, -0.2) is 41.5 Å². The van der Waals surface area contributed by atoms with Crippen LogP contribution in [0.2, 0.25) is 0 Å². The van der Waals surface area contributed by atoms with Gasteiger partial charge in [-0.25, -0.2) is 4.79 Å². The molecule has 0 radical (unpaired) electrons. The zero-order valence-electron chi connectivity index (χ0n) is 11.1. The number of hydrogen-bond donors (Lipinski definition) is 2. The molecule has 1 aliphatic heterocycles. The van der Waals surface area contributed by atoms with Crippen molar-refractivity contribution < 1.29 is 14.7 Å². The van der Waals surface area contributed by atoms with Gasteiger partial charge in [-0.15, -0.1) is 0 Å². The molecule has 0 fully saturated rings. The maximum Gasteiger partial charge on any atom is 0.326 e. The van der Waals surface area contributed by atoms with Crippen LogP contribution in [0.1, 0.15) is 29.3 Å². The van der Waals surface area contributed by atoms with Gasteiger partial charge in [0.25, 0.3) is 5.91 Å². The molecule has 102 valence electrons. The first kappa shape index (κ1) is 13.4. The van der Waals surface area contributed by atoms with Crippen LogP contribution in [0.3, 0.4) is 0 Å². The minimum atomic E-state index is -1.00. The number of carbonyl (C=O) groups is 2. The van der Waals surface area contributed by atoms with Crippen molar-refractivity contribution in [2.24, 2.45) is 0 Å². The Balaban J connectivity index is 2.31. The predicted molar refractivity (Wildman–Crippen MR) is 72.4 cm³/mol. The van der Waals surface area contributed by atoms with E-state index < -0.39 is 12.0 Å². The quantitative estimate of drug-likeness (QED) is 0.868. The van der Waals surface area contributed by atoms with Gasteiger partial charge in [0.1, 0.15) is 6.04 Å². The molecule has 1 aromatic rings. The first-order valence-electron chi connectivity index (χ1n) is 6.38. The lowest BCUT2D eigenvalue weighted by Gasteiger charge is -2.25. The molecule has 1 aromatic carbocycles. The second kappa shape index (κ2) is 5.30. The third kappa shape index (κ3) is 2.54. The smallest absolute Gasteiger partial charge is 0.326 e. The topological polar surface area (TPSA) is 69.6 Å². The first-order chi connectivity index (χ1) is 9.02. The van der Waals surface area contributed by atoms with Crippen LogP contribution in [0, 0.1) is 0 Å². The number of nitrogens with zero attached hydrogens (tertiary/aromatic N) is 1. The minimum absolute atomic E-state index is 0.240. The average molecular weight is 262 g/mol. The lowest BCUT2D eigenvalue weighted by Crippen LogP contribution is -2.40. The molecular weight excluding hydrogens is 244 g/mol. The van der Waals surface area contributed by atoms with E-state index in [2.05, 4.69) is 5.32 Å². The van der Waals surface area contributed by atoms with Gasteiger partial charge >= 0.3 is 5.97 Å². The van der Waals surface area contributed by atoms with Gasteiger partial charge in [0, 0.05) is 24.8 Å². The van der Waals surface area contributed by atoms with Gasteiger partial charge in [-0.3, -0.25) is 4.79 Å². The molecule has 0 spiro atoms. The van der Waals surface area contributed by atoms with E-state index in [1.165, 1.54) is 18.9 Å². The highest BCUT2D eigenvalue weighted by molar-refractivity contribution is 5.99. The molecule has 2 rings (SSSR count). The number of aliphatic carboxylic acids is 1. The number of carboxylic acids is 1. The maximum absolute atomic E-state index is 12.4. The molecule has 1 amide bonds. The lowest BCUT2D eigenvalue weighted by molar-refractivity contribution is -0.141. The van der Waals surface area contributed by atoms with Crippen molar-refractivity contribution in [1.29, 1.82) is 0 Å². The molecule has 0 saturated heterocycles. The molecule has 2 N–H and O–H groups in total. The number of likely N-dealkylation sites (N-methyl/N-ethyl adjacent to an activating group) is 1. The maximum atomic E-state index is 12.4. The molecule has 0 saturated carbocycles. The highest BCUT2D eigenvalue weighted by Gasteiger charge is 2.25. The number of nitrogens with one attached hydrogen (secondary N) is 1. The monoisotopic (exact) mass is 262 g/mol. The van der Waals surface area contributed by atoms with E-state index in [0.717, 1.165) is 30.6 Å². The largest absolute Gasteiger partial charge is 0.480 e. The highest BCUT2D eigenvalue weighted by Crippen LogP contribution is 2.26. The van der Waals surface area contributed by atoms with Gasteiger partial charge in [-0.1, -0.05) is 6.07 Å². The van der Waals surface area contributed by atoms with E-state index in [1.807, 2.05) is 12.1 Å². The molecular formula is C14H18N2O3. The van der Waals surface area contributed by atoms with Crippen LogP contribution < -0.4 is 5.32 Å². The van der Waals surface area contributed by atoms with Crippen LogP contribution in [-0.2, 0) is 11.2 Å². The van der Waals surface area contributed by atoms with Crippen molar-refractivity contribution in [2.45, 2.75) is 25.8 Å². The Bertz CT molecular complexity index is 513. The molecule has 1 unspecified atom stereocenters. The number of fused-ring (bicyclic) bond motifs is 1. The Morgan fingerprint density at radius 3 is 2.84 bits per heavy atom. The number of rotatable bonds is 3. The molecule has 1 heterocycles. The fourth-order valence-corrected chi connectivity index (χ4v) is 2.24. The third-order valence-corrected chi connectivity index (χ3v) is 3.58.